The Morgan fingerprint density at radius 1 is 1.15 bits per heavy atom. The number of nitro benzene ring substituents is 1. The molecule has 0 aromatic heterocycles. The number of hydrazone groups is 1. The van der Waals surface area contributed by atoms with Gasteiger partial charge in [-0.05, 0) is 25.0 Å². The number of ether oxygens (including phenoxy) is 2. The Bertz CT molecular complexity index is 1160. The number of methoxy groups -OCH3 is 2. The van der Waals surface area contributed by atoms with Crippen molar-refractivity contribution in [2.45, 2.75) is 17.7 Å². The number of sulfonamides is 1. The summed E-state index contributed by atoms with van der Waals surface area (Å²) >= 11 is 0. The lowest BCUT2D eigenvalue weighted by Crippen LogP contribution is -2.42. The Kier molecular flexibility index (Phi) is 7.61. The number of hydrogen-bond donors (Lipinski definition) is 1. The number of carbonyl (C=O) groups excluding carboxylic acids is 1. The summed E-state index contributed by atoms with van der Waals surface area (Å²) in [6.07, 6.45) is 2.00. The zero-order chi connectivity index (χ0) is 24.0. The van der Waals surface area contributed by atoms with Crippen molar-refractivity contribution in [2.24, 2.45) is 11.0 Å². The molecule has 0 saturated carbocycles. The molecule has 1 N–H and O–H groups in total. The van der Waals surface area contributed by atoms with Crippen LogP contribution in [0.3, 0.4) is 0 Å². The van der Waals surface area contributed by atoms with Crippen molar-refractivity contribution in [2.75, 3.05) is 27.3 Å². The highest BCUT2D eigenvalue weighted by molar-refractivity contribution is 7.89. The fraction of sp³-hybridized carbons (Fsp3) is 0.333. The first kappa shape index (κ1) is 24.1. The number of benzene rings is 2. The third-order valence-corrected chi connectivity index (χ3v) is 7.18. The highest BCUT2D eigenvalue weighted by Crippen LogP contribution is 2.32. The Hall–Kier alpha value is -3.51. The topological polar surface area (TPSA) is 140 Å². The molecule has 0 aliphatic carbocycles. The maximum Gasteiger partial charge on any atom is 0.270 e. The summed E-state index contributed by atoms with van der Waals surface area (Å²) in [6.45, 7) is 0.368. The van der Waals surface area contributed by atoms with Gasteiger partial charge < -0.3 is 9.47 Å². The van der Waals surface area contributed by atoms with Crippen LogP contribution in [0.4, 0.5) is 5.69 Å². The molecular formula is C21H24N4O7S. The van der Waals surface area contributed by atoms with Gasteiger partial charge >= 0.3 is 0 Å². The van der Waals surface area contributed by atoms with Crippen LogP contribution in [0.15, 0.2) is 52.5 Å². The second kappa shape index (κ2) is 10.4. The molecule has 1 saturated heterocycles. The van der Waals surface area contributed by atoms with Crippen LogP contribution >= 0.6 is 0 Å². The van der Waals surface area contributed by atoms with E-state index in [1.54, 1.807) is 6.07 Å². The fourth-order valence-electron chi connectivity index (χ4n) is 3.46. The van der Waals surface area contributed by atoms with Gasteiger partial charge in [-0.2, -0.15) is 9.41 Å². The normalized spacial score (nSPS) is 15.3. The highest BCUT2D eigenvalue weighted by atomic mass is 32.2. The van der Waals surface area contributed by atoms with Gasteiger partial charge in [-0.15, -0.1) is 0 Å². The number of non-ortho nitro benzene ring substituents is 1. The van der Waals surface area contributed by atoms with Gasteiger partial charge in [0.25, 0.3) is 5.69 Å². The Morgan fingerprint density at radius 3 is 2.48 bits per heavy atom. The smallest absolute Gasteiger partial charge is 0.270 e. The van der Waals surface area contributed by atoms with Gasteiger partial charge in [0.1, 0.15) is 0 Å². The summed E-state index contributed by atoms with van der Waals surface area (Å²) in [5.74, 6) is 0.0101. The predicted molar refractivity (Wildman–Crippen MR) is 120 cm³/mol. The van der Waals surface area contributed by atoms with Gasteiger partial charge in [0.15, 0.2) is 11.5 Å². The van der Waals surface area contributed by atoms with Crippen molar-refractivity contribution in [1.29, 1.82) is 0 Å². The van der Waals surface area contributed by atoms with Crippen molar-refractivity contribution in [3.63, 3.8) is 0 Å². The zero-order valence-corrected chi connectivity index (χ0v) is 18.9. The first-order chi connectivity index (χ1) is 15.8. The average Bonchev–Trinajstić information content (AvgIpc) is 2.83. The molecule has 3 rings (SSSR count). The zero-order valence-electron chi connectivity index (χ0n) is 18.1. The van der Waals surface area contributed by atoms with Gasteiger partial charge in [-0.25, -0.2) is 13.8 Å². The summed E-state index contributed by atoms with van der Waals surface area (Å²) in [5.41, 5.74) is 2.82. The van der Waals surface area contributed by atoms with Crippen LogP contribution in [0.1, 0.15) is 18.4 Å². The molecule has 0 spiro atoms. The molecule has 0 bridgehead atoms. The quantitative estimate of drug-likeness (QED) is 0.350. The van der Waals surface area contributed by atoms with Crippen LogP contribution < -0.4 is 14.9 Å². The van der Waals surface area contributed by atoms with E-state index in [1.165, 1.54) is 61.1 Å². The van der Waals surface area contributed by atoms with E-state index in [-0.39, 0.29) is 29.6 Å². The number of nitro groups is 1. The van der Waals surface area contributed by atoms with Crippen LogP contribution in [-0.4, -0.2) is 57.1 Å². The SMILES string of the molecule is COc1ccc(S(=O)(=O)N2CCC(C(=O)N/N=C\c3cccc([N+](=O)[O-])c3)CC2)cc1OC. The van der Waals surface area contributed by atoms with E-state index >= 15 is 0 Å². The predicted octanol–water partition coefficient (Wildman–Crippen LogP) is 2.16. The van der Waals surface area contributed by atoms with Crippen LogP contribution in [-0.2, 0) is 14.8 Å². The molecule has 0 atom stereocenters. The summed E-state index contributed by atoms with van der Waals surface area (Å²) in [7, 11) is -0.853. The number of rotatable bonds is 8. The maximum atomic E-state index is 13.0. The van der Waals surface area contributed by atoms with Crippen molar-refractivity contribution in [3.8, 4) is 11.5 Å². The standard InChI is InChI=1S/C21H24N4O7S/c1-31-19-7-6-18(13-20(19)32-2)33(29,30)24-10-8-16(9-11-24)21(26)23-22-14-15-4-3-5-17(12-15)25(27)28/h3-7,12-14,16H,8-11H2,1-2H3,(H,23,26)/b22-14-. The van der Waals surface area contributed by atoms with E-state index in [4.69, 9.17) is 9.47 Å². The van der Waals surface area contributed by atoms with Crippen molar-refractivity contribution >= 4 is 27.8 Å². The highest BCUT2D eigenvalue weighted by Gasteiger charge is 2.32. The van der Waals surface area contributed by atoms with Crippen LogP contribution in [0.2, 0.25) is 0 Å². The Morgan fingerprint density at radius 2 is 1.85 bits per heavy atom. The van der Waals surface area contributed by atoms with Gasteiger partial charge in [0.2, 0.25) is 15.9 Å². The Labute approximate surface area is 191 Å². The second-order valence-electron chi connectivity index (χ2n) is 7.28. The van der Waals surface area contributed by atoms with E-state index in [2.05, 4.69) is 10.5 Å². The van der Waals surface area contributed by atoms with Crippen LogP contribution in [0.25, 0.3) is 0 Å². The Balaban J connectivity index is 1.58. The molecule has 1 heterocycles. The second-order valence-corrected chi connectivity index (χ2v) is 9.22. The molecule has 12 heteroatoms. The first-order valence-electron chi connectivity index (χ1n) is 10.1. The first-order valence-corrected chi connectivity index (χ1v) is 11.5. The monoisotopic (exact) mass is 476 g/mol. The van der Waals surface area contributed by atoms with E-state index in [1.807, 2.05) is 0 Å². The molecule has 1 aliphatic rings. The number of amides is 1. The fourth-order valence-corrected chi connectivity index (χ4v) is 4.95. The molecule has 2 aromatic rings. The molecular weight excluding hydrogens is 452 g/mol. The minimum absolute atomic E-state index is 0.0756. The van der Waals surface area contributed by atoms with E-state index < -0.39 is 20.9 Å². The van der Waals surface area contributed by atoms with Crippen molar-refractivity contribution < 1.29 is 27.6 Å². The van der Waals surface area contributed by atoms with E-state index in [9.17, 15) is 23.3 Å². The lowest BCUT2D eigenvalue weighted by molar-refractivity contribution is -0.384. The minimum Gasteiger partial charge on any atom is -0.493 e. The number of nitrogens with zero attached hydrogens (tertiary/aromatic N) is 3. The molecule has 11 nitrogen and oxygen atoms in total. The third-order valence-electron chi connectivity index (χ3n) is 5.29. The largest absolute Gasteiger partial charge is 0.493 e. The van der Waals surface area contributed by atoms with Gasteiger partial charge in [-0.3, -0.25) is 14.9 Å². The average molecular weight is 477 g/mol. The van der Waals surface area contributed by atoms with Gasteiger partial charge in [-0.1, -0.05) is 12.1 Å². The lowest BCUT2D eigenvalue weighted by Gasteiger charge is -2.30. The maximum absolute atomic E-state index is 13.0. The van der Waals surface area contributed by atoms with Crippen LogP contribution in [0.5, 0.6) is 11.5 Å². The summed E-state index contributed by atoms with van der Waals surface area (Å²) in [5, 5.41) is 14.7. The van der Waals surface area contributed by atoms with Crippen LogP contribution in [0, 0.1) is 16.0 Å². The van der Waals surface area contributed by atoms with E-state index in [0.717, 1.165) is 0 Å². The minimum atomic E-state index is -3.75. The summed E-state index contributed by atoms with van der Waals surface area (Å²) in [6, 6.07) is 10.3. The lowest BCUT2D eigenvalue weighted by atomic mass is 9.98. The summed E-state index contributed by atoms with van der Waals surface area (Å²) < 4.78 is 37.7. The summed E-state index contributed by atoms with van der Waals surface area (Å²) in [4.78, 5) is 22.8. The number of hydrogen-bond acceptors (Lipinski definition) is 8. The number of piperidine rings is 1. The third kappa shape index (κ3) is 5.65. The molecule has 176 valence electrons. The number of nitrogens with one attached hydrogen (secondary N) is 1. The molecule has 0 unspecified atom stereocenters. The van der Waals surface area contributed by atoms with Gasteiger partial charge in [0.05, 0.1) is 30.3 Å². The molecule has 0 radical (unpaired) electrons. The molecule has 1 aliphatic heterocycles. The molecule has 1 fully saturated rings. The van der Waals surface area contributed by atoms with E-state index in [0.29, 0.717) is 29.9 Å². The van der Waals surface area contributed by atoms with Crippen molar-refractivity contribution in [3.05, 3.63) is 58.1 Å². The molecule has 33 heavy (non-hydrogen) atoms. The molecule has 2 aromatic carbocycles. The van der Waals surface area contributed by atoms with Gasteiger partial charge in [0, 0.05) is 42.8 Å². The number of carbonyl (C=O) groups is 1. The molecule has 1 amide bonds. The van der Waals surface area contributed by atoms with Crippen molar-refractivity contribution in [1.82, 2.24) is 9.73 Å².